The summed E-state index contributed by atoms with van der Waals surface area (Å²) in [5, 5.41) is 0.489. The van der Waals surface area contributed by atoms with E-state index in [1.54, 1.807) is 41.0 Å². The molecule has 0 radical (unpaired) electrons. The Labute approximate surface area is 135 Å². The SMILES string of the molecule is O=S(=O)(Cc1ccccc1Cl)N(Cc1cccnc1)C1CC1. The zero-order chi connectivity index (χ0) is 15.6. The van der Waals surface area contributed by atoms with Crippen LogP contribution in [0.4, 0.5) is 0 Å². The molecule has 0 N–H and O–H groups in total. The third-order valence-corrected chi connectivity index (χ3v) is 5.85. The molecule has 6 heteroatoms. The summed E-state index contributed by atoms with van der Waals surface area (Å²) in [5.41, 5.74) is 1.54. The van der Waals surface area contributed by atoms with Gasteiger partial charge in [0.1, 0.15) is 0 Å². The van der Waals surface area contributed by atoms with Crippen molar-refractivity contribution in [3.05, 3.63) is 64.9 Å². The first-order valence-corrected chi connectivity index (χ1v) is 9.17. The van der Waals surface area contributed by atoms with Crippen molar-refractivity contribution in [1.82, 2.24) is 9.29 Å². The lowest BCUT2D eigenvalue weighted by Crippen LogP contribution is -2.33. The monoisotopic (exact) mass is 336 g/mol. The first-order chi connectivity index (χ1) is 10.6. The number of benzene rings is 1. The quantitative estimate of drug-likeness (QED) is 0.813. The molecule has 0 spiro atoms. The van der Waals surface area contributed by atoms with E-state index in [-0.39, 0.29) is 11.8 Å². The summed E-state index contributed by atoms with van der Waals surface area (Å²) < 4.78 is 27.2. The molecule has 0 saturated heterocycles. The van der Waals surface area contributed by atoms with Crippen LogP contribution in [0.5, 0.6) is 0 Å². The predicted octanol–water partition coefficient (Wildman–Crippen LogP) is 3.23. The van der Waals surface area contributed by atoms with E-state index in [9.17, 15) is 8.42 Å². The molecule has 22 heavy (non-hydrogen) atoms. The van der Waals surface area contributed by atoms with Crippen LogP contribution in [0.2, 0.25) is 5.02 Å². The molecule has 0 bridgehead atoms. The molecule has 1 heterocycles. The van der Waals surface area contributed by atoms with Gasteiger partial charge in [0.05, 0.1) is 5.75 Å². The second-order valence-corrected chi connectivity index (χ2v) is 7.81. The maximum Gasteiger partial charge on any atom is 0.218 e. The Hall–Kier alpha value is -1.43. The summed E-state index contributed by atoms with van der Waals surface area (Å²) in [6.07, 6.45) is 5.23. The molecule has 0 unspecified atom stereocenters. The fourth-order valence-electron chi connectivity index (χ4n) is 2.38. The number of hydrogen-bond acceptors (Lipinski definition) is 3. The summed E-state index contributed by atoms with van der Waals surface area (Å²) in [5.74, 6) is -0.0660. The average Bonchev–Trinajstić information content (AvgIpc) is 3.32. The Morgan fingerprint density at radius 3 is 2.59 bits per heavy atom. The highest BCUT2D eigenvalue weighted by Gasteiger charge is 2.37. The molecule has 1 saturated carbocycles. The molecule has 0 atom stereocenters. The Balaban J connectivity index is 1.83. The fourth-order valence-corrected chi connectivity index (χ4v) is 4.49. The molecule has 0 amide bonds. The Bertz CT molecular complexity index is 746. The highest BCUT2D eigenvalue weighted by atomic mass is 35.5. The lowest BCUT2D eigenvalue weighted by atomic mass is 10.2. The lowest BCUT2D eigenvalue weighted by Gasteiger charge is -2.22. The van der Waals surface area contributed by atoms with Crippen LogP contribution in [0.3, 0.4) is 0 Å². The van der Waals surface area contributed by atoms with Crippen LogP contribution in [-0.4, -0.2) is 23.7 Å². The highest BCUT2D eigenvalue weighted by molar-refractivity contribution is 7.88. The molecular formula is C16H17ClN2O2S. The maximum atomic E-state index is 12.8. The molecule has 2 aromatic rings. The second-order valence-electron chi connectivity index (χ2n) is 5.49. The van der Waals surface area contributed by atoms with Gasteiger partial charge >= 0.3 is 0 Å². The number of aromatic nitrogens is 1. The molecule has 1 aliphatic carbocycles. The van der Waals surface area contributed by atoms with Crippen LogP contribution in [0.1, 0.15) is 24.0 Å². The van der Waals surface area contributed by atoms with Crippen LogP contribution in [0.15, 0.2) is 48.8 Å². The number of rotatable bonds is 6. The maximum absolute atomic E-state index is 12.8. The number of pyridine rings is 1. The van der Waals surface area contributed by atoms with Crippen molar-refractivity contribution >= 4 is 21.6 Å². The van der Waals surface area contributed by atoms with E-state index >= 15 is 0 Å². The van der Waals surface area contributed by atoms with E-state index in [1.807, 2.05) is 12.1 Å². The lowest BCUT2D eigenvalue weighted by molar-refractivity contribution is 0.397. The minimum Gasteiger partial charge on any atom is -0.264 e. The van der Waals surface area contributed by atoms with Gasteiger partial charge < -0.3 is 0 Å². The summed E-state index contributed by atoms with van der Waals surface area (Å²) in [6.45, 7) is 0.366. The standard InChI is InChI=1S/C16H17ClN2O2S/c17-16-6-2-1-5-14(16)12-22(20,21)19(15-7-8-15)11-13-4-3-9-18-10-13/h1-6,9-10,15H,7-8,11-12H2. The largest absolute Gasteiger partial charge is 0.264 e. The highest BCUT2D eigenvalue weighted by Crippen LogP contribution is 2.32. The average molecular weight is 337 g/mol. The van der Waals surface area contributed by atoms with Crippen molar-refractivity contribution in [1.29, 1.82) is 0 Å². The van der Waals surface area contributed by atoms with E-state index < -0.39 is 10.0 Å². The smallest absolute Gasteiger partial charge is 0.218 e. The normalized spacial score (nSPS) is 15.2. The third-order valence-electron chi connectivity index (χ3n) is 3.67. The topological polar surface area (TPSA) is 50.3 Å². The second kappa shape index (κ2) is 6.36. The van der Waals surface area contributed by atoms with Gasteiger partial charge in [-0.15, -0.1) is 0 Å². The predicted molar refractivity (Wildman–Crippen MR) is 86.9 cm³/mol. The van der Waals surface area contributed by atoms with Crippen molar-refractivity contribution in [2.75, 3.05) is 0 Å². The summed E-state index contributed by atoms with van der Waals surface area (Å²) in [6, 6.07) is 10.9. The van der Waals surface area contributed by atoms with Crippen molar-refractivity contribution in [2.45, 2.75) is 31.2 Å². The molecular weight excluding hydrogens is 320 g/mol. The summed E-state index contributed by atoms with van der Waals surface area (Å²) in [7, 11) is -3.41. The minimum atomic E-state index is -3.41. The fraction of sp³-hybridized carbons (Fsp3) is 0.312. The van der Waals surface area contributed by atoms with Gasteiger partial charge in [-0.05, 0) is 36.1 Å². The van der Waals surface area contributed by atoms with Crippen molar-refractivity contribution in [3.63, 3.8) is 0 Å². The molecule has 1 aliphatic rings. The zero-order valence-electron chi connectivity index (χ0n) is 12.0. The number of halogens is 1. The van der Waals surface area contributed by atoms with Gasteiger partial charge in [0.25, 0.3) is 0 Å². The first-order valence-electron chi connectivity index (χ1n) is 7.18. The Morgan fingerprint density at radius 2 is 1.95 bits per heavy atom. The van der Waals surface area contributed by atoms with Crippen LogP contribution in [-0.2, 0) is 22.3 Å². The minimum absolute atomic E-state index is 0.0660. The van der Waals surface area contributed by atoms with Gasteiger partial charge in [0.15, 0.2) is 0 Å². The Kier molecular flexibility index (Phi) is 4.47. The third kappa shape index (κ3) is 3.66. The van der Waals surface area contributed by atoms with Gasteiger partial charge in [-0.1, -0.05) is 35.9 Å². The van der Waals surface area contributed by atoms with Crippen LogP contribution in [0.25, 0.3) is 0 Å². The van der Waals surface area contributed by atoms with E-state index in [2.05, 4.69) is 4.98 Å². The van der Waals surface area contributed by atoms with E-state index in [1.165, 1.54) is 0 Å². The van der Waals surface area contributed by atoms with Gasteiger partial charge in [0, 0.05) is 30.0 Å². The molecule has 1 fully saturated rings. The zero-order valence-corrected chi connectivity index (χ0v) is 13.6. The molecule has 0 aliphatic heterocycles. The van der Waals surface area contributed by atoms with Crippen molar-refractivity contribution in [2.24, 2.45) is 0 Å². The van der Waals surface area contributed by atoms with E-state index in [4.69, 9.17) is 11.6 Å². The van der Waals surface area contributed by atoms with Crippen LogP contribution >= 0.6 is 11.6 Å². The number of nitrogens with zero attached hydrogens (tertiary/aromatic N) is 2. The van der Waals surface area contributed by atoms with Gasteiger partial charge in [-0.3, -0.25) is 4.98 Å². The molecule has 3 rings (SSSR count). The van der Waals surface area contributed by atoms with Gasteiger partial charge in [-0.25, -0.2) is 8.42 Å². The van der Waals surface area contributed by atoms with Crippen molar-refractivity contribution in [3.8, 4) is 0 Å². The van der Waals surface area contributed by atoms with Gasteiger partial charge in [0.2, 0.25) is 10.0 Å². The first kappa shape index (κ1) is 15.5. The van der Waals surface area contributed by atoms with Crippen molar-refractivity contribution < 1.29 is 8.42 Å². The molecule has 1 aromatic carbocycles. The Morgan fingerprint density at radius 1 is 1.18 bits per heavy atom. The molecule has 4 nitrogen and oxygen atoms in total. The number of sulfonamides is 1. The van der Waals surface area contributed by atoms with Gasteiger partial charge in [-0.2, -0.15) is 4.31 Å². The van der Waals surface area contributed by atoms with E-state index in [0.29, 0.717) is 17.1 Å². The number of hydrogen-bond donors (Lipinski definition) is 0. The molecule has 1 aromatic heterocycles. The molecule has 116 valence electrons. The summed E-state index contributed by atoms with van der Waals surface area (Å²) >= 11 is 6.10. The van der Waals surface area contributed by atoms with Crippen LogP contribution in [0, 0.1) is 0 Å². The van der Waals surface area contributed by atoms with Crippen LogP contribution < -0.4 is 0 Å². The summed E-state index contributed by atoms with van der Waals surface area (Å²) in [4.78, 5) is 4.06. The van der Waals surface area contributed by atoms with E-state index in [0.717, 1.165) is 18.4 Å².